The van der Waals surface area contributed by atoms with Gasteiger partial charge >= 0.3 is 6.18 Å². The fourth-order valence-electron chi connectivity index (χ4n) is 3.60. The van der Waals surface area contributed by atoms with Crippen molar-refractivity contribution in [2.45, 2.75) is 51.2 Å². The van der Waals surface area contributed by atoms with Gasteiger partial charge in [0, 0.05) is 32.2 Å². The lowest BCUT2D eigenvalue weighted by atomic mass is 9.81. The van der Waals surface area contributed by atoms with E-state index in [9.17, 15) is 13.2 Å². The first-order valence-corrected chi connectivity index (χ1v) is 7.54. The van der Waals surface area contributed by atoms with Crippen LogP contribution in [0.5, 0.6) is 0 Å². The van der Waals surface area contributed by atoms with Crippen molar-refractivity contribution in [3.63, 3.8) is 0 Å². The maximum absolute atomic E-state index is 13.0. The molecule has 0 radical (unpaired) electrons. The Morgan fingerprint density at radius 1 is 1.21 bits per heavy atom. The summed E-state index contributed by atoms with van der Waals surface area (Å²) in [5.74, 6) is -0.629. The van der Waals surface area contributed by atoms with Crippen LogP contribution in [0.15, 0.2) is 0 Å². The monoisotopic (exact) mass is 278 g/mol. The van der Waals surface area contributed by atoms with Crippen LogP contribution < -0.4 is 5.32 Å². The lowest BCUT2D eigenvalue weighted by Crippen LogP contribution is -2.47. The second kappa shape index (κ2) is 6.44. The molecule has 0 aromatic carbocycles. The Morgan fingerprint density at radius 3 is 2.63 bits per heavy atom. The van der Waals surface area contributed by atoms with Gasteiger partial charge in [0.1, 0.15) is 0 Å². The maximum atomic E-state index is 13.0. The van der Waals surface area contributed by atoms with Gasteiger partial charge in [-0.05, 0) is 18.8 Å². The van der Waals surface area contributed by atoms with Crippen molar-refractivity contribution in [2.24, 2.45) is 11.8 Å². The fourth-order valence-corrected chi connectivity index (χ4v) is 3.60. The lowest BCUT2D eigenvalue weighted by molar-refractivity contribution is -0.177. The summed E-state index contributed by atoms with van der Waals surface area (Å²) in [4.78, 5) is 2.12. The third kappa shape index (κ3) is 3.85. The van der Waals surface area contributed by atoms with Crippen molar-refractivity contribution in [3.8, 4) is 0 Å². The standard InChI is InChI=1S/C14H25F3N2/c1-2-11-5-3-4-6-13(11)19-8-7-18-9-12(10-19)14(15,16)17/h11-13,18H,2-10H2,1H3. The normalized spacial score (nSPS) is 35.1. The predicted octanol–water partition coefficient (Wildman–Crippen LogP) is 3.04. The Labute approximate surface area is 113 Å². The fraction of sp³-hybridized carbons (Fsp3) is 1.00. The van der Waals surface area contributed by atoms with Gasteiger partial charge in [0.2, 0.25) is 0 Å². The van der Waals surface area contributed by atoms with Gasteiger partial charge in [0.25, 0.3) is 0 Å². The van der Waals surface area contributed by atoms with Gasteiger partial charge in [-0.1, -0.05) is 26.2 Å². The highest BCUT2D eigenvalue weighted by molar-refractivity contribution is 4.87. The third-order valence-corrected chi connectivity index (χ3v) is 4.75. The number of hydrogen-bond donors (Lipinski definition) is 1. The van der Waals surface area contributed by atoms with E-state index in [1.807, 2.05) is 0 Å². The largest absolute Gasteiger partial charge is 0.394 e. The molecule has 2 nitrogen and oxygen atoms in total. The van der Waals surface area contributed by atoms with E-state index in [1.54, 1.807) is 0 Å². The van der Waals surface area contributed by atoms with Gasteiger partial charge in [0.05, 0.1) is 5.92 Å². The summed E-state index contributed by atoms with van der Waals surface area (Å²) >= 11 is 0. The zero-order valence-corrected chi connectivity index (χ0v) is 11.7. The number of nitrogens with one attached hydrogen (secondary N) is 1. The summed E-state index contributed by atoms with van der Waals surface area (Å²) in [5, 5.41) is 2.94. The molecule has 2 fully saturated rings. The minimum absolute atomic E-state index is 0.0729. The van der Waals surface area contributed by atoms with Crippen LogP contribution in [0.3, 0.4) is 0 Å². The molecule has 0 aromatic heterocycles. The minimum Gasteiger partial charge on any atom is -0.315 e. The second-order valence-corrected chi connectivity index (χ2v) is 5.96. The quantitative estimate of drug-likeness (QED) is 0.835. The number of hydrogen-bond acceptors (Lipinski definition) is 2. The van der Waals surface area contributed by atoms with Crippen molar-refractivity contribution < 1.29 is 13.2 Å². The van der Waals surface area contributed by atoms with Gasteiger partial charge in [-0.15, -0.1) is 0 Å². The van der Waals surface area contributed by atoms with Gasteiger partial charge < -0.3 is 5.32 Å². The summed E-state index contributed by atoms with van der Waals surface area (Å²) in [5.41, 5.74) is 0. The average molecular weight is 278 g/mol. The van der Waals surface area contributed by atoms with Crippen molar-refractivity contribution in [2.75, 3.05) is 26.2 Å². The van der Waals surface area contributed by atoms with Crippen LogP contribution >= 0.6 is 0 Å². The molecule has 2 aliphatic rings. The van der Waals surface area contributed by atoms with Gasteiger partial charge in [-0.25, -0.2) is 0 Å². The highest BCUT2D eigenvalue weighted by Gasteiger charge is 2.42. The van der Waals surface area contributed by atoms with E-state index >= 15 is 0 Å². The first-order chi connectivity index (χ1) is 9.02. The Morgan fingerprint density at radius 2 is 1.95 bits per heavy atom. The molecule has 0 spiro atoms. The van der Waals surface area contributed by atoms with Gasteiger partial charge in [-0.2, -0.15) is 13.2 Å². The summed E-state index contributed by atoms with van der Waals surface area (Å²) in [6, 6.07) is 0.364. The van der Waals surface area contributed by atoms with Crippen molar-refractivity contribution in [3.05, 3.63) is 0 Å². The van der Waals surface area contributed by atoms with Crippen LogP contribution in [0, 0.1) is 11.8 Å². The molecule has 1 saturated carbocycles. The molecule has 5 heteroatoms. The molecule has 19 heavy (non-hydrogen) atoms. The molecule has 1 aliphatic carbocycles. The van der Waals surface area contributed by atoms with Crippen LogP contribution in [0.2, 0.25) is 0 Å². The highest BCUT2D eigenvalue weighted by Crippen LogP contribution is 2.34. The Balaban J connectivity index is 2.04. The SMILES string of the molecule is CCC1CCCCC1N1CCNCC(C(F)(F)F)C1. The topological polar surface area (TPSA) is 15.3 Å². The van der Waals surface area contributed by atoms with E-state index in [0.29, 0.717) is 18.5 Å². The number of nitrogens with zero attached hydrogens (tertiary/aromatic N) is 1. The Bertz CT molecular complexity index is 280. The van der Waals surface area contributed by atoms with Crippen LogP contribution in [0.4, 0.5) is 13.2 Å². The summed E-state index contributed by atoms with van der Waals surface area (Å²) in [7, 11) is 0. The summed E-state index contributed by atoms with van der Waals surface area (Å²) in [6.45, 7) is 3.86. The second-order valence-electron chi connectivity index (χ2n) is 5.96. The number of halogens is 3. The van der Waals surface area contributed by atoms with Crippen LogP contribution in [-0.4, -0.2) is 43.3 Å². The molecule has 0 amide bonds. The Kier molecular flexibility index (Phi) is 5.12. The zero-order valence-electron chi connectivity index (χ0n) is 11.7. The molecule has 1 N–H and O–H groups in total. The smallest absolute Gasteiger partial charge is 0.315 e. The van der Waals surface area contributed by atoms with E-state index in [-0.39, 0.29) is 13.1 Å². The molecular weight excluding hydrogens is 253 g/mol. The van der Waals surface area contributed by atoms with E-state index in [1.165, 1.54) is 19.3 Å². The minimum atomic E-state index is -4.08. The average Bonchev–Trinajstić information content (AvgIpc) is 2.64. The van der Waals surface area contributed by atoms with Crippen LogP contribution in [-0.2, 0) is 0 Å². The summed E-state index contributed by atoms with van der Waals surface area (Å²) in [6.07, 6.45) is 1.67. The molecule has 1 heterocycles. The lowest BCUT2D eigenvalue weighted by Gasteiger charge is -2.40. The highest BCUT2D eigenvalue weighted by atomic mass is 19.4. The van der Waals surface area contributed by atoms with Crippen molar-refractivity contribution >= 4 is 0 Å². The van der Waals surface area contributed by atoms with Crippen LogP contribution in [0.1, 0.15) is 39.0 Å². The molecule has 3 unspecified atom stereocenters. The molecule has 0 bridgehead atoms. The molecule has 2 rings (SSSR count). The zero-order chi connectivity index (χ0) is 13.9. The van der Waals surface area contributed by atoms with E-state index < -0.39 is 12.1 Å². The molecular formula is C14H25F3N2. The van der Waals surface area contributed by atoms with Crippen LogP contribution in [0.25, 0.3) is 0 Å². The van der Waals surface area contributed by atoms with E-state index in [4.69, 9.17) is 0 Å². The van der Waals surface area contributed by atoms with Crippen molar-refractivity contribution in [1.82, 2.24) is 10.2 Å². The predicted molar refractivity (Wildman–Crippen MR) is 70.0 cm³/mol. The Hall–Kier alpha value is -0.290. The first kappa shape index (κ1) is 15.1. The number of alkyl halides is 3. The van der Waals surface area contributed by atoms with Gasteiger partial charge in [-0.3, -0.25) is 4.90 Å². The maximum Gasteiger partial charge on any atom is 0.394 e. The van der Waals surface area contributed by atoms with Crippen molar-refractivity contribution in [1.29, 1.82) is 0 Å². The third-order valence-electron chi connectivity index (χ3n) is 4.75. The molecule has 1 saturated heterocycles. The van der Waals surface area contributed by atoms with E-state index in [2.05, 4.69) is 17.1 Å². The molecule has 3 atom stereocenters. The molecule has 112 valence electrons. The number of rotatable bonds is 2. The van der Waals surface area contributed by atoms with E-state index in [0.717, 1.165) is 19.4 Å². The summed E-state index contributed by atoms with van der Waals surface area (Å²) < 4.78 is 38.9. The first-order valence-electron chi connectivity index (χ1n) is 7.54. The van der Waals surface area contributed by atoms with Gasteiger partial charge in [0.15, 0.2) is 0 Å². The molecule has 0 aromatic rings. The molecule has 1 aliphatic heterocycles.